The van der Waals surface area contributed by atoms with Gasteiger partial charge in [-0.1, -0.05) is 12.1 Å². The number of hydrogen-bond acceptors (Lipinski definition) is 8. The van der Waals surface area contributed by atoms with Crippen LogP contribution in [0.15, 0.2) is 67.0 Å². The minimum absolute atomic E-state index is 0.196. The first-order valence-electron chi connectivity index (χ1n) is 9.35. The number of fused-ring (bicyclic) bond motifs is 2. The lowest BCUT2D eigenvalue weighted by molar-refractivity contribution is -0.147. The van der Waals surface area contributed by atoms with Crippen LogP contribution < -0.4 is 20.7 Å². The predicted octanol–water partition coefficient (Wildman–Crippen LogP) is 3.52. The quantitative estimate of drug-likeness (QED) is 0.355. The predicted molar refractivity (Wildman–Crippen MR) is 113 cm³/mol. The summed E-state index contributed by atoms with van der Waals surface area (Å²) in [6, 6.07) is 12.8. The van der Waals surface area contributed by atoms with Gasteiger partial charge in [0, 0.05) is 28.5 Å². The SMILES string of the molecule is COC(=O)C(C)Oc1ccc2c(-c3cc4cccc(OC)c4oc3=O)cc(=O)oc2c1. The zero-order chi connectivity index (χ0) is 22.1. The fraction of sp³-hybridized carbons (Fsp3) is 0.174. The highest BCUT2D eigenvalue weighted by Gasteiger charge is 2.18. The summed E-state index contributed by atoms with van der Waals surface area (Å²) in [5, 5.41) is 1.15. The Hall–Kier alpha value is -4.07. The van der Waals surface area contributed by atoms with Gasteiger partial charge in [-0.2, -0.15) is 0 Å². The van der Waals surface area contributed by atoms with Gasteiger partial charge < -0.3 is 23.0 Å². The van der Waals surface area contributed by atoms with Gasteiger partial charge in [-0.15, -0.1) is 0 Å². The van der Waals surface area contributed by atoms with Crippen molar-refractivity contribution in [2.75, 3.05) is 14.2 Å². The number of para-hydroxylation sites is 1. The van der Waals surface area contributed by atoms with Crippen LogP contribution in [0.2, 0.25) is 0 Å². The number of hydrogen-bond donors (Lipinski definition) is 0. The number of carbonyl (C=O) groups is 1. The molecule has 158 valence electrons. The van der Waals surface area contributed by atoms with Crippen molar-refractivity contribution in [2.45, 2.75) is 13.0 Å². The molecule has 0 spiro atoms. The molecule has 0 amide bonds. The average Bonchev–Trinajstić information content (AvgIpc) is 2.76. The maximum absolute atomic E-state index is 12.7. The van der Waals surface area contributed by atoms with E-state index in [-0.39, 0.29) is 11.1 Å². The summed E-state index contributed by atoms with van der Waals surface area (Å²) in [5.74, 6) is 0.195. The smallest absolute Gasteiger partial charge is 0.346 e. The number of methoxy groups -OCH3 is 2. The number of benzene rings is 2. The molecule has 0 aliphatic heterocycles. The van der Waals surface area contributed by atoms with Crippen LogP contribution in [0.3, 0.4) is 0 Å². The molecule has 4 aromatic rings. The molecule has 2 heterocycles. The summed E-state index contributed by atoms with van der Waals surface area (Å²) >= 11 is 0. The topological polar surface area (TPSA) is 105 Å². The maximum atomic E-state index is 12.7. The molecule has 0 bridgehead atoms. The monoisotopic (exact) mass is 422 g/mol. The van der Waals surface area contributed by atoms with Crippen LogP contribution in [0.5, 0.6) is 11.5 Å². The highest BCUT2D eigenvalue weighted by Crippen LogP contribution is 2.31. The second-order valence-corrected chi connectivity index (χ2v) is 6.75. The van der Waals surface area contributed by atoms with E-state index in [1.165, 1.54) is 33.3 Å². The van der Waals surface area contributed by atoms with E-state index >= 15 is 0 Å². The van der Waals surface area contributed by atoms with Gasteiger partial charge in [-0.05, 0) is 31.2 Å². The molecular weight excluding hydrogens is 404 g/mol. The van der Waals surface area contributed by atoms with Gasteiger partial charge in [-0.3, -0.25) is 0 Å². The minimum Gasteiger partial charge on any atom is -0.493 e. The first-order chi connectivity index (χ1) is 14.9. The molecule has 0 aliphatic rings. The van der Waals surface area contributed by atoms with Gasteiger partial charge in [0.1, 0.15) is 11.3 Å². The molecule has 0 saturated carbocycles. The first-order valence-corrected chi connectivity index (χ1v) is 9.35. The highest BCUT2D eigenvalue weighted by atomic mass is 16.6. The van der Waals surface area contributed by atoms with Crippen molar-refractivity contribution in [3.63, 3.8) is 0 Å². The van der Waals surface area contributed by atoms with Crippen molar-refractivity contribution in [1.82, 2.24) is 0 Å². The molecule has 4 rings (SSSR count). The molecule has 2 aromatic heterocycles. The van der Waals surface area contributed by atoms with E-state index in [1.54, 1.807) is 36.4 Å². The maximum Gasteiger partial charge on any atom is 0.346 e. The van der Waals surface area contributed by atoms with Gasteiger partial charge in [0.2, 0.25) is 0 Å². The molecule has 31 heavy (non-hydrogen) atoms. The third kappa shape index (κ3) is 3.75. The molecule has 0 aliphatic carbocycles. The lowest BCUT2D eigenvalue weighted by Gasteiger charge is -2.13. The number of ether oxygens (including phenoxy) is 3. The van der Waals surface area contributed by atoms with Crippen LogP contribution in [0.25, 0.3) is 33.1 Å². The highest BCUT2D eigenvalue weighted by molar-refractivity contribution is 5.96. The summed E-state index contributed by atoms with van der Waals surface area (Å²) < 4.78 is 26.2. The molecule has 2 aromatic carbocycles. The van der Waals surface area contributed by atoms with Crippen LogP contribution in [0.1, 0.15) is 6.92 Å². The van der Waals surface area contributed by atoms with E-state index in [1.807, 2.05) is 0 Å². The fourth-order valence-corrected chi connectivity index (χ4v) is 3.32. The van der Waals surface area contributed by atoms with E-state index in [0.29, 0.717) is 33.4 Å². The Labute approximate surface area is 175 Å². The zero-order valence-corrected chi connectivity index (χ0v) is 17.0. The third-order valence-electron chi connectivity index (χ3n) is 4.80. The van der Waals surface area contributed by atoms with E-state index in [2.05, 4.69) is 4.74 Å². The normalized spacial score (nSPS) is 12.0. The Morgan fingerprint density at radius 3 is 2.52 bits per heavy atom. The number of rotatable bonds is 5. The van der Waals surface area contributed by atoms with Gasteiger partial charge >= 0.3 is 17.2 Å². The summed E-state index contributed by atoms with van der Waals surface area (Å²) in [7, 11) is 2.75. The molecule has 8 nitrogen and oxygen atoms in total. The minimum atomic E-state index is -0.847. The lowest BCUT2D eigenvalue weighted by Crippen LogP contribution is -2.24. The molecule has 1 unspecified atom stereocenters. The lowest BCUT2D eigenvalue weighted by atomic mass is 10.0. The van der Waals surface area contributed by atoms with E-state index in [4.69, 9.17) is 18.3 Å². The molecule has 1 atom stereocenters. The number of carbonyl (C=O) groups excluding carboxylic acids is 1. The Morgan fingerprint density at radius 2 is 1.77 bits per heavy atom. The van der Waals surface area contributed by atoms with Crippen molar-refractivity contribution in [3.8, 4) is 22.6 Å². The number of esters is 1. The first kappa shape index (κ1) is 20.2. The Balaban J connectivity index is 1.87. The summed E-state index contributed by atoms with van der Waals surface area (Å²) in [4.78, 5) is 36.5. The van der Waals surface area contributed by atoms with Crippen LogP contribution in [-0.4, -0.2) is 26.3 Å². The molecule has 0 fully saturated rings. The average molecular weight is 422 g/mol. The van der Waals surface area contributed by atoms with E-state index < -0.39 is 23.3 Å². The van der Waals surface area contributed by atoms with E-state index in [9.17, 15) is 14.4 Å². The zero-order valence-electron chi connectivity index (χ0n) is 17.0. The van der Waals surface area contributed by atoms with Crippen molar-refractivity contribution in [2.24, 2.45) is 0 Å². The van der Waals surface area contributed by atoms with Crippen molar-refractivity contribution < 1.29 is 27.8 Å². The third-order valence-corrected chi connectivity index (χ3v) is 4.80. The van der Waals surface area contributed by atoms with Crippen LogP contribution in [0.4, 0.5) is 0 Å². The Bertz CT molecular complexity index is 1410. The second kappa shape index (κ2) is 7.98. The molecule has 0 saturated heterocycles. The van der Waals surface area contributed by atoms with Gasteiger partial charge in [0.25, 0.3) is 0 Å². The van der Waals surface area contributed by atoms with Gasteiger partial charge in [0.15, 0.2) is 17.4 Å². The Morgan fingerprint density at radius 1 is 0.968 bits per heavy atom. The largest absolute Gasteiger partial charge is 0.493 e. The second-order valence-electron chi connectivity index (χ2n) is 6.75. The molecule has 0 N–H and O–H groups in total. The van der Waals surface area contributed by atoms with Gasteiger partial charge in [0.05, 0.1) is 19.8 Å². The van der Waals surface area contributed by atoms with E-state index in [0.717, 1.165) is 0 Å². The standard InChI is InChI=1S/C23H18O8/c1-12(22(25)28-3)29-14-7-8-15-16(11-20(24)30-19(15)10-14)17-9-13-5-4-6-18(27-2)21(13)31-23(17)26/h4-12H,1-3H3. The summed E-state index contributed by atoms with van der Waals surface area (Å²) in [5.41, 5.74) is -0.192. The van der Waals surface area contributed by atoms with Crippen LogP contribution >= 0.6 is 0 Å². The summed E-state index contributed by atoms with van der Waals surface area (Å²) in [6.07, 6.45) is -0.847. The Kier molecular flexibility index (Phi) is 5.21. The molecule has 8 heteroatoms. The van der Waals surface area contributed by atoms with Gasteiger partial charge in [-0.25, -0.2) is 14.4 Å². The summed E-state index contributed by atoms with van der Waals surface area (Å²) in [6.45, 7) is 1.54. The van der Waals surface area contributed by atoms with Crippen LogP contribution in [-0.2, 0) is 9.53 Å². The molecular formula is C23H18O8. The van der Waals surface area contributed by atoms with Crippen molar-refractivity contribution >= 4 is 27.9 Å². The fourth-order valence-electron chi connectivity index (χ4n) is 3.32. The van der Waals surface area contributed by atoms with Crippen molar-refractivity contribution in [3.05, 3.63) is 69.4 Å². The molecule has 0 radical (unpaired) electrons. The van der Waals surface area contributed by atoms with Crippen molar-refractivity contribution in [1.29, 1.82) is 0 Å². The van der Waals surface area contributed by atoms with Crippen LogP contribution in [0, 0.1) is 0 Å².